The van der Waals surface area contributed by atoms with Crippen molar-refractivity contribution in [3.63, 3.8) is 0 Å². The van der Waals surface area contributed by atoms with Gasteiger partial charge in [-0.1, -0.05) is 0 Å². The number of aliphatic hydroxyl groups is 1. The minimum atomic E-state index is -0.864. The molecule has 1 aliphatic rings. The van der Waals surface area contributed by atoms with Gasteiger partial charge in [0.2, 0.25) is 5.95 Å². The first kappa shape index (κ1) is 24.6. The van der Waals surface area contributed by atoms with Gasteiger partial charge < -0.3 is 24.6 Å². The van der Waals surface area contributed by atoms with Crippen molar-refractivity contribution in [2.24, 2.45) is 7.05 Å². The van der Waals surface area contributed by atoms with Gasteiger partial charge in [-0.2, -0.15) is 5.10 Å². The minimum Gasteiger partial charge on any atom is -0.494 e. The van der Waals surface area contributed by atoms with Crippen LogP contribution < -0.4 is 19.5 Å². The molecule has 1 fully saturated rings. The molecule has 1 aromatic carbocycles. The quantitative estimate of drug-likeness (QED) is 0.468. The number of halogens is 2. The smallest absolute Gasteiger partial charge is 0.228 e. The van der Waals surface area contributed by atoms with Gasteiger partial charge in [0.05, 0.1) is 44.0 Å². The molecule has 0 aliphatic carbocycles. The molecule has 3 aromatic rings. The van der Waals surface area contributed by atoms with Crippen LogP contribution in [0.4, 0.5) is 20.5 Å². The number of hydrogen-bond acceptors (Lipinski definition) is 9. The molecule has 2 aromatic heterocycles. The van der Waals surface area contributed by atoms with Crippen molar-refractivity contribution in [1.82, 2.24) is 24.6 Å². The van der Waals surface area contributed by atoms with Crippen molar-refractivity contribution < 1.29 is 28.1 Å². The molecule has 0 bridgehead atoms. The zero-order valence-corrected chi connectivity index (χ0v) is 19.8. The normalized spacial score (nSPS) is 14.7. The van der Waals surface area contributed by atoms with E-state index in [1.807, 2.05) is 13.1 Å². The molecule has 0 unspecified atom stereocenters. The molecule has 188 valence electrons. The van der Waals surface area contributed by atoms with Gasteiger partial charge in [0, 0.05) is 38.8 Å². The number of aryl methyl sites for hydroxylation is 1. The maximum Gasteiger partial charge on any atom is 0.228 e. The van der Waals surface area contributed by atoms with E-state index in [2.05, 4.69) is 25.3 Å². The molecule has 1 saturated heterocycles. The van der Waals surface area contributed by atoms with Crippen LogP contribution in [0.5, 0.6) is 17.2 Å². The summed E-state index contributed by atoms with van der Waals surface area (Å²) in [5, 5.41) is 17.2. The molecule has 2 N–H and O–H groups in total. The Kier molecular flexibility index (Phi) is 7.61. The molecule has 12 heteroatoms. The number of methoxy groups -OCH3 is 2. The van der Waals surface area contributed by atoms with Crippen molar-refractivity contribution in [2.45, 2.75) is 32.1 Å². The highest BCUT2D eigenvalue weighted by Gasteiger charge is 2.21. The summed E-state index contributed by atoms with van der Waals surface area (Å²) in [6, 6.07) is 3.05. The fourth-order valence-electron chi connectivity index (χ4n) is 3.81. The van der Waals surface area contributed by atoms with Gasteiger partial charge in [0.1, 0.15) is 6.61 Å². The molecular weight excluding hydrogens is 462 g/mol. The third-order valence-electron chi connectivity index (χ3n) is 5.84. The van der Waals surface area contributed by atoms with Gasteiger partial charge in [-0.15, -0.1) is 0 Å². The summed E-state index contributed by atoms with van der Waals surface area (Å²) in [5.41, 5.74) is 0.689. The van der Waals surface area contributed by atoms with E-state index < -0.39 is 18.2 Å². The summed E-state index contributed by atoms with van der Waals surface area (Å²) in [5.74, 6) is -0.918. The summed E-state index contributed by atoms with van der Waals surface area (Å²) in [7, 11) is 4.43. The molecule has 0 radical (unpaired) electrons. The van der Waals surface area contributed by atoms with Crippen molar-refractivity contribution in [1.29, 1.82) is 0 Å². The van der Waals surface area contributed by atoms with E-state index in [4.69, 9.17) is 14.2 Å². The minimum absolute atomic E-state index is 0.148. The van der Waals surface area contributed by atoms with Gasteiger partial charge in [-0.3, -0.25) is 9.58 Å². The summed E-state index contributed by atoms with van der Waals surface area (Å²) in [4.78, 5) is 10.7. The van der Waals surface area contributed by atoms with Crippen LogP contribution in [-0.4, -0.2) is 63.2 Å². The molecule has 0 spiro atoms. The van der Waals surface area contributed by atoms with Crippen LogP contribution in [-0.2, 0) is 20.2 Å². The molecule has 10 nitrogen and oxygen atoms in total. The van der Waals surface area contributed by atoms with Crippen LogP contribution in [0.15, 0.2) is 24.5 Å². The summed E-state index contributed by atoms with van der Waals surface area (Å²) in [6.07, 6.45) is 4.12. The lowest BCUT2D eigenvalue weighted by molar-refractivity contribution is 0.0781. The van der Waals surface area contributed by atoms with Gasteiger partial charge in [0.15, 0.2) is 34.7 Å². The number of aromatic nitrogens is 4. The van der Waals surface area contributed by atoms with E-state index in [-0.39, 0.29) is 28.9 Å². The first-order valence-corrected chi connectivity index (χ1v) is 11.1. The lowest BCUT2D eigenvalue weighted by Crippen LogP contribution is -2.35. The zero-order chi connectivity index (χ0) is 24.9. The predicted octanol–water partition coefficient (Wildman–Crippen LogP) is 2.78. The topological polar surface area (TPSA) is 107 Å². The first-order valence-electron chi connectivity index (χ1n) is 11.1. The van der Waals surface area contributed by atoms with Crippen LogP contribution in [0.1, 0.15) is 24.1 Å². The van der Waals surface area contributed by atoms with Gasteiger partial charge in [-0.25, -0.2) is 18.7 Å². The number of hydrogen-bond donors (Lipinski definition) is 2. The number of aliphatic hydroxyl groups excluding tert-OH is 1. The SMILES string of the molecule is COc1cc(OC)c(F)c(COc2cnc(Nc3cc(CN4CCC(O)CC4)n(C)n3)nc2)c1F. The fourth-order valence-corrected chi connectivity index (χ4v) is 3.81. The van der Waals surface area contributed by atoms with Gasteiger partial charge in [0.25, 0.3) is 0 Å². The van der Waals surface area contributed by atoms with Crippen LogP contribution >= 0.6 is 0 Å². The Bertz CT molecular complexity index is 1120. The second-order valence-electron chi connectivity index (χ2n) is 8.20. The summed E-state index contributed by atoms with van der Waals surface area (Å²) < 4.78 is 46.1. The molecule has 0 saturated carbocycles. The van der Waals surface area contributed by atoms with Crippen LogP contribution in [0.2, 0.25) is 0 Å². The first-order chi connectivity index (χ1) is 16.9. The third kappa shape index (κ3) is 5.77. The van der Waals surface area contributed by atoms with Crippen LogP contribution in [0, 0.1) is 11.6 Å². The standard InChI is InChI=1S/C23H28F2N6O4/c1-30-14(12-31-6-4-15(32)5-7-31)8-20(29-30)28-23-26-10-16(11-27-23)35-13-17-21(24)18(33-2)9-19(34-3)22(17)25/h8-11,15,32H,4-7,12-13H2,1-3H3,(H,26,27,28,29). The Labute approximate surface area is 201 Å². The number of ether oxygens (including phenoxy) is 3. The highest BCUT2D eigenvalue weighted by Crippen LogP contribution is 2.32. The Hall–Kier alpha value is -3.51. The van der Waals surface area contributed by atoms with E-state index in [1.54, 1.807) is 4.68 Å². The average molecular weight is 491 g/mol. The maximum atomic E-state index is 14.5. The second kappa shape index (κ2) is 10.8. The monoisotopic (exact) mass is 490 g/mol. The predicted molar refractivity (Wildman–Crippen MR) is 123 cm³/mol. The van der Waals surface area contributed by atoms with E-state index in [0.29, 0.717) is 11.8 Å². The van der Waals surface area contributed by atoms with E-state index in [9.17, 15) is 13.9 Å². The average Bonchev–Trinajstić information content (AvgIpc) is 3.20. The van der Waals surface area contributed by atoms with E-state index in [0.717, 1.165) is 44.2 Å². The molecule has 4 rings (SSSR count). The molecule has 1 aliphatic heterocycles. The lowest BCUT2D eigenvalue weighted by Gasteiger charge is -2.29. The number of nitrogens with zero attached hydrogens (tertiary/aromatic N) is 5. The van der Waals surface area contributed by atoms with Crippen molar-refractivity contribution in [3.05, 3.63) is 47.4 Å². The van der Waals surface area contributed by atoms with Gasteiger partial charge >= 0.3 is 0 Å². The number of anilines is 2. The fraction of sp³-hybridized carbons (Fsp3) is 0.435. The highest BCUT2D eigenvalue weighted by atomic mass is 19.1. The molecule has 35 heavy (non-hydrogen) atoms. The Balaban J connectivity index is 1.37. The summed E-state index contributed by atoms with van der Waals surface area (Å²) >= 11 is 0. The van der Waals surface area contributed by atoms with E-state index in [1.165, 1.54) is 26.6 Å². The second-order valence-corrected chi connectivity index (χ2v) is 8.20. The van der Waals surface area contributed by atoms with Crippen molar-refractivity contribution in [3.8, 4) is 17.2 Å². The summed E-state index contributed by atoms with van der Waals surface area (Å²) in [6.45, 7) is 2.01. The van der Waals surface area contributed by atoms with E-state index >= 15 is 0 Å². The number of nitrogens with one attached hydrogen (secondary N) is 1. The van der Waals surface area contributed by atoms with Crippen molar-refractivity contribution >= 4 is 11.8 Å². The molecule has 0 atom stereocenters. The molecule has 0 amide bonds. The Morgan fingerprint density at radius 2 is 1.69 bits per heavy atom. The highest BCUT2D eigenvalue weighted by molar-refractivity contribution is 5.48. The number of piperidine rings is 1. The third-order valence-corrected chi connectivity index (χ3v) is 5.84. The zero-order valence-electron chi connectivity index (χ0n) is 19.8. The van der Waals surface area contributed by atoms with Crippen LogP contribution in [0.25, 0.3) is 0 Å². The Morgan fingerprint density at radius 1 is 1.06 bits per heavy atom. The van der Waals surface area contributed by atoms with Crippen molar-refractivity contribution in [2.75, 3.05) is 32.6 Å². The van der Waals surface area contributed by atoms with Crippen LogP contribution in [0.3, 0.4) is 0 Å². The van der Waals surface area contributed by atoms with Gasteiger partial charge in [-0.05, 0) is 12.8 Å². The maximum absolute atomic E-state index is 14.5. The largest absolute Gasteiger partial charge is 0.494 e. The number of likely N-dealkylation sites (tertiary alicyclic amines) is 1. The Morgan fingerprint density at radius 3 is 2.29 bits per heavy atom. The molecular formula is C23H28F2N6O4. The molecule has 3 heterocycles. The number of benzene rings is 1. The number of rotatable bonds is 9. The lowest BCUT2D eigenvalue weighted by atomic mass is 10.1.